The molecule has 1 fully saturated rings. The maximum absolute atomic E-state index is 5.34. The van der Waals surface area contributed by atoms with Gasteiger partial charge in [-0.2, -0.15) is 0 Å². The van der Waals surface area contributed by atoms with Crippen molar-refractivity contribution in [3.63, 3.8) is 0 Å². The van der Waals surface area contributed by atoms with Crippen LogP contribution in [0, 0.1) is 6.92 Å². The molecule has 0 aliphatic carbocycles. The van der Waals surface area contributed by atoms with Crippen LogP contribution in [0.3, 0.4) is 0 Å². The minimum absolute atomic E-state index is 0.366. The Balaban J connectivity index is 1.83. The highest BCUT2D eigenvalue weighted by molar-refractivity contribution is 5.47. The van der Waals surface area contributed by atoms with Crippen LogP contribution in [0.25, 0.3) is 0 Å². The molecule has 2 rings (SSSR count). The highest BCUT2D eigenvalue weighted by Gasteiger charge is 2.09. The van der Waals surface area contributed by atoms with E-state index in [9.17, 15) is 0 Å². The van der Waals surface area contributed by atoms with Gasteiger partial charge in [0, 0.05) is 38.3 Å². The van der Waals surface area contributed by atoms with Crippen LogP contribution < -0.4 is 10.6 Å². The predicted octanol–water partition coefficient (Wildman–Crippen LogP) is 1.35. The van der Waals surface area contributed by atoms with Gasteiger partial charge in [-0.05, 0) is 20.8 Å². The number of morpholine rings is 1. The molecular weight excluding hydrogens is 254 g/mol. The fourth-order valence-corrected chi connectivity index (χ4v) is 2.19. The summed E-state index contributed by atoms with van der Waals surface area (Å²) in [5.74, 6) is 2.54. The normalized spacial score (nSPS) is 16.4. The monoisotopic (exact) mass is 279 g/mol. The van der Waals surface area contributed by atoms with Gasteiger partial charge < -0.3 is 15.4 Å². The third-order valence-electron chi connectivity index (χ3n) is 3.11. The van der Waals surface area contributed by atoms with E-state index in [1.54, 1.807) is 0 Å². The van der Waals surface area contributed by atoms with E-state index < -0.39 is 0 Å². The summed E-state index contributed by atoms with van der Waals surface area (Å²) in [4.78, 5) is 11.2. The zero-order valence-corrected chi connectivity index (χ0v) is 12.6. The Kier molecular flexibility index (Phi) is 5.55. The molecule has 0 aromatic carbocycles. The van der Waals surface area contributed by atoms with Gasteiger partial charge in [-0.1, -0.05) is 0 Å². The van der Waals surface area contributed by atoms with Crippen molar-refractivity contribution in [2.75, 3.05) is 50.0 Å². The van der Waals surface area contributed by atoms with Crippen molar-refractivity contribution in [3.05, 3.63) is 11.9 Å². The zero-order chi connectivity index (χ0) is 14.4. The van der Waals surface area contributed by atoms with Crippen molar-refractivity contribution in [2.24, 2.45) is 0 Å². The van der Waals surface area contributed by atoms with E-state index in [1.165, 1.54) is 0 Å². The number of aryl methyl sites for hydroxylation is 1. The molecular formula is C14H25N5O. The largest absolute Gasteiger partial charge is 0.379 e. The van der Waals surface area contributed by atoms with E-state index in [2.05, 4.69) is 39.3 Å². The fourth-order valence-electron chi connectivity index (χ4n) is 2.19. The molecule has 2 heterocycles. The van der Waals surface area contributed by atoms with Crippen LogP contribution in [0.1, 0.15) is 19.7 Å². The average Bonchev–Trinajstić information content (AvgIpc) is 2.38. The van der Waals surface area contributed by atoms with Crippen LogP contribution in [0.4, 0.5) is 11.6 Å². The summed E-state index contributed by atoms with van der Waals surface area (Å²) in [6.45, 7) is 11.7. The molecule has 1 aliphatic rings. The number of aromatic nitrogens is 2. The van der Waals surface area contributed by atoms with E-state index in [0.717, 1.165) is 56.9 Å². The van der Waals surface area contributed by atoms with Gasteiger partial charge in [-0.3, -0.25) is 4.90 Å². The van der Waals surface area contributed by atoms with Crippen LogP contribution in [-0.2, 0) is 4.74 Å². The van der Waals surface area contributed by atoms with Crippen molar-refractivity contribution in [2.45, 2.75) is 26.8 Å². The second-order valence-electron chi connectivity index (χ2n) is 5.37. The van der Waals surface area contributed by atoms with Crippen LogP contribution in [0.5, 0.6) is 0 Å². The molecule has 2 N–H and O–H groups in total. The van der Waals surface area contributed by atoms with E-state index in [-0.39, 0.29) is 0 Å². The summed E-state index contributed by atoms with van der Waals surface area (Å²) < 4.78 is 5.34. The Hall–Kier alpha value is -1.40. The molecule has 0 amide bonds. The third kappa shape index (κ3) is 4.94. The van der Waals surface area contributed by atoms with Gasteiger partial charge in [0.15, 0.2) is 0 Å². The highest BCUT2D eigenvalue weighted by Crippen LogP contribution is 2.11. The molecule has 0 spiro atoms. The van der Waals surface area contributed by atoms with Gasteiger partial charge in [0.05, 0.1) is 13.2 Å². The maximum atomic E-state index is 5.34. The molecule has 1 saturated heterocycles. The number of nitrogens with zero attached hydrogens (tertiary/aromatic N) is 3. The minimum atomic E-state index is 0.366. The number of nitrogens with one attached hydrogen (secondary N) is 2. The minimum Gasteiger partial charge on any atom is -0.379 e. The molecule has 112 valence electrons. The lowest BCUT2D eigenvalue weighted by Crippen LogP contribution is -2.39. The molecule has 0 atom stereocenters. The Bertz CT molecular complexity index is 418. The van der Waals surface area contributed by atoms with Crippen LogP contribution in [0.2, 0.25) is 0 Å². The zero-order valence-electron chi connectivity index (χ0n) is 12.6. The first kappa shape index (κ1) is 15.0. The third-order valence-corrected chi connectivity index (χ3v) is 3.11. The van der Waals surface area contributed by atoms with Gasteiger partial charge >= 0.3 is 0 Å². The lowest BCUT2D eigenvalue weighted by molar-refractivity contribution is 0.0398. The summed E-state index contributed by atoms with van der Waals surface area (Å²) in [6, 6.07) is 2.33. The first-order chi connectivity index (χ1) is 9.63. The summed E-state index contributed by atoms with van der Waals surface area (Å²) in [7, 11) is 0. The van der Waals surface area contributed by atoms with E-state index in [4.69, 9.17) is 4.74 Å². The molecule has 0 unspecified atom stereocenters. The van der Waals surface area contributed by atoms with Gasteiger partial charge in [-0.25, -0.2) is 9.97 Å². The fraction of sp³-hybridized carbons (Fsp3) is 0.714. The van der Waals surface area contributed by atoms with E-state index in [0.29, 0.717) is 6.04 Å². The van der Waals surface area contributed by atoms with Gasteiger partial charge in [-0.15, -0.1) is 0 Å². The lowest BCUT2D eigenvalue weighted by atomic mass is 10.3. The lowest BCUT2D eigenvalue weighted by Gasteiger charge is -2.26. The average molecular weight is 279 g/mol. The maximum Gasteiger partial charge on any atom is 0.131 e. The summed E-state index contributed by atoms with van der Waals surface area (Å²) in [5.41, 5.74) is 0. The molecule has 1 aromatic heterocycles. The van der Waals surface area contributed by atoms with Crippen molar-refractivity contribution in [3.8, 4) is 0 Å². The van der Waals surface area contributed by atoms with Gasteiger partial charge in [0.2, 0.25) is 0 Å². The second kappa shape index (κ2) is 7.40. The molecule has 0 radical (unpaired) electrons. The van der Waals surface area contributed by atoms with E-state index >= 15 is 0 Å². The molecule has 1 aromatic rings. The quantitative estimate of drug-likeness (QED) is 0.819. The van der Waals surface area contributed by atoms with Crippen LogP contribution in [-0.4, -0.2) is 60.3 Å². The van der Waals surface area contributed by atoms with Crippen molar-refractivity contribution >= 4 is 11.6 Å². The molecule has 0 saturated carbocycles. The smallest absolute Gasteiger partial charge is 0.131 e. The first-order valence-electron chi connectivity index (χ1n) is 7.29. The number of anilines is 2. The topological polar surface area (TPSA) is 62.3 Å². The molecule has 0 bridgehead atoms. The Morgan fingerprint density at radius 3 is 2.65 bits per heavy atom. The first-order valence-corrected chi connectivity index (χ1v) is 7.29. The van der Waals surface area contributed by atoms with Crippen molar-refractivity contribution in [1.29, 1.82) is 0 Å². The van der Waals surface area contributed by atoms with Crippen LogP contribution in [0.15, 0.2) is 6.07 Å². The molecule has 6 heteroatoms. The number of hydrogen-bond acceptors (Lipinski definition) is 6. The van der Waals surface area contributed by atoms with Crippen molar-refractivity contribution in [1.82, 2.24) is 14.9 Å². The SMILES string of the molecule is Cc1nc(NCCN2CCOCC2)cc(NC(C)C)n1. The Labute approximate surface area is 120 Å². The van der Waals surface area contributed by atoms with Gasteiger partial charge in [0.1, 0.15) is 17.5 Å². The summed E-state index contributed by atoms with van der Waals surface area (Å²) in [6.07, 6.45) is 0. The summed E-state index contributed by atoms with van der Waals surface area (Å²) >= 11 is 0. The molecule has 20 heavy (non-hydrogen) atoms. The van der Waals surface area contributed by atoms with Crippen LogP contribution >= 0.6 is 0 Å². The van der Waals surface area contributed by atoms with Crippen molar-refractivity contribution < 1.29 is 4.74 Å². The second-order valence-corrected chi connectivity index (χ2v) is 5.37. The van der Waals surface area contributed by atoms with Gasteiger partial charge in [0.25, 0.3) is 0 Å². The molecule has 6 nitrogen and oxygen atoms in total. The Morgan fingerprint density at radius 1 is 1.25 bits per heavy atom. The van der Waals surface area contributed by atoms with E-state index in [1.807, 2.05) is 13.0 Å². The molecule has 1 aliphatic heterocycles. The predicted molar refractivity (Wildman–Crippen MR) is 81.3 cm³/mol. The summed E-state index contributed by atoms with van der Waals surface area (Å²) in [5, 5.41) is 6.68. The number of hydrogen-bond donors (Lipinski definition) is 2. The number of rotatable bonds is 6. The standard InChI is InChI=1S/C14H25N5O/c1-11(2)16-14-10-13(17-12(3)18-14)15-4-5-19-6-8-20-9-7-19/h10-11H,4-9H2,1-3H3,(H2,15,16,17,18). The highest BCUT2D eigenvalue weighted by atomic mass is 16.5. The number of ether oxygens (including phenoxy) is 1. The Morgan fingerprint density at radius 2 is 1.95 bits per heavy atom.